The zero-order valence-electron chi connectivity index (χ0n) is 13.7. The van der Waals surface area contributed by atoms with Gasteiger partial charge >= 0.3 is 6.09 Å². The maximum Gasteiger partial charge on any atom is 0.407 e. The summed E-state index contributed by atoms with van der Waals surface area (Å²) in [7, 11) is 0. The summed E-state index contributed by atoms with van der Waals surface area (Å²) in [5.74, 6) is 0. The van der Waals surface area contributed by atoms with Crippen molar-refractivity contribution in [2.75, 3.05) is 6.54 Å². The van der Waals surface area contributed by atoms with Gasteiger partial charge in [0.25, 0.3) is 5.69 Å². The number of aromatic amines is 1. The van der Waals surface area contributed by atoms with Gasteiger partial charge in [0.05, 0.1) is 4.92 Å². The smallest absolute Gasteiger partial charge is 0.407 e. The molecule has 0 atom stereocenters. The summed E-state index contributed by atoms with van der Waals surface area (Å²) in [4.78, 5) is 25.2. The van der Waals surface area contributed by atoms with Gasteiger partial charge in [0.1, 0.15) is 6.61 Å². The number of carbonyl (C=O) groups excluding carboxylic acids is 1. The third-order valence-electron chi connectivity index (χ3n) is 3.88. The number of nitro benzene ring substituents is 1. The van der Waals surface area contributed by atoms with E-state index in [0.29, 0.717) is 23.6 Å². The van der Waals surface area contributed by atoms with Crippen molar-refractivity contribution in [3.63, 3.8) is 0 Å². The first-order valence-corrected chi connectivity index (χ1v) is 8.30. The lowest BCUT2D eigenvalue weighted by atomic mass is 10.1. The predicted octanol–water partition coefficient (Wildman–Crippen LogP) is 4.20. The number of alkyl carbamates (subject to hydrolysis) is 1. The molecule has 2 aromatic carbocycles. The molecule has 0 aliphatic carbocycles. The average Bonchev–Trinajstić information content (AvgIpc) is 3.02. The number of halogens is 1. The lowest BCUT2D eigenvalue weighted by Crippen LogP contribution is -2.26. The number of H-pyrrole nitrogens is 1. The van der Waals surface area contributed by atoms with Crippen molar-refractivity contribution in [2.24, 2.45) is 0 Å². The third-order valence-corrected chi connectivity index (χ3v) is 4.12. The fourth-order valence-corrected chi connectivity index (χ4v) is 2.79. The van der Waals surface area contributed by atoms with E-state index in [1.807, 2.05) is 24.4 Å². The van der Waals surface area contributed by atoms with Crippen LogP contribution in [-0.2, 0) is 17.8 Å². The second kappa shape index (κ2) is 7.88. The molecule has 0 fully saturated rings. The molecule has 2 N–H and O–H groups in total. The summed E-state index contributed by atoms with van der Waals surface area (Å²) in [5, 5.41) is 15.1. The summed E-state index contributed by atoms with van der Waals surface area (Å²) in [6, 6.07) is 11.6. The number of nitro groups is 1. The highest BCUT2D eigenvalue weighted by Gasteiger charge is 2.09. The molecule has 134 valence electrons. The maximum atomic E-state index is 11.8. The Balaban J connectivity index is 1.49. The first-order chi connectivity index (χ1) is 12.5. The van der Waals surface area contributed by atoms with E-state index >= 15 is 0 Å². The minimum Gasteiger partial charge on any atom is -0.445 e. The number of ether oxygens (including phenoxy) is 1. The van der Waals surface area contributed by atoms with E-state index in [0.717, 1.165) is 16.5 Å². The Hall–Kier alpha value is -3.06. The molecule has 8 heteroatoms. The van der Waals surface area contributed by atoms with Gasteiger partial charge in [-0.15, -0.1) is 0 Å². The average molecular weight is 374 g/mol. The van der Waals surface area contributed by atoms with Crippen LogP contribution in [0.1, 0.15) is 11.1 Å². The first-order valence-electron chi connectivity index (χ1n) is 7.92. The van der Waals surface area contributed by atoms with Crippen LogP contribution in [0.4, 0.5) is 10.5 Å². The SMILES string of the molecule is O=C(NCCc1c[nH]c2ccc(Cl)cc12)OCc1cccc([N+](=O)[O-])c1. The molecule has 7 nitrogen and oxygen atoms in total. The molecule has 0 spiro atoms. The molecule has 3 aromatic rings. The minimum atomic E-state index is -0.575. The summed E-state index contributed by atoms with van der Waals surface area (Å²) < 4.78 is 5.09. The number of non-ortho nitro benzene ring substituents is 1. The Morgan fingerprint density at radius 2 is 2.12 bits per heavy atom. The summed E-state index contributed by atoms with van der Waals surface area (Å²) >= 11 is 6.02. The van der Waals surface area contributed by atoms with Crippen LogP contribution in [0, 0.1) is 10.1 Å². The van der Waals surface area contributed by atoms with Crippen LogP contribution in [-0.4, -0.2) is 22.5 Å². The van der Waals surface area contributed by atoms with Crippen molar-refractivity contribution >= 4 is 34.3 Å². The van der Waals surface area contributed by atoms with Gasteiger partial charge in [-0.25, -0.2) is 4.79 Å². The Morgan fingerprint density at radius 3 is 2.92 bits per heavy atom. The van der Waals surface area contributed by atoms with Gasteiger partial charge in [0.15, 0.2) is 0 Å². The number of fused-ring (bicyclic) bond motifs is 1. The highest BCUT2D eigenvalue weighted by molar-refractivity contribution is 6.31. The van der Waals surface area contributed by atoms with E-state index in [9.17, 15) is 14.9 Å². The number of nitrogens with zero attached hydrogens (tertiary/aromatic N) is 1. The molecule has 0 bridgehead atoms. The van der Waals surface area contributed by atoms with Crippen molar-refractivity contribution in [2.45, 2.75) is 13.0 Å². The van der Waals surface area contributed by atoms with Crippen molar-refractivity contribution in [1.82, 2.24) is 10.3 Å². The third kappa shape index (κ3) is 4.31. The molecular formula is C18H16ClN3O4. The molecule has 1 aromatic heterocycles. The Bertz CT molecular complexity index is 955. The van der Waals surface area contributed by atoms with Crippen LogP contribution >= 0.6 is 11.6 Å². The zero-order chi connectivity index (χ0) is 18.5. The predicted molar refractivity (Wildman–Crippen MR) is 98.3 cm³/mol. The van der Waals surface area contributed by atoms with Crippen molar-refractivity contribution in [3.8, 4) is 0 Å². The molecule has 1 amide bonds. The second-order valence-electron chi connectivity index (χ2n) is 5.68. The summed E-state index contributed by atoms with van der Waals surface area (Å²) in [5.41, 5.74) is 2.55. The quantitative estimate of drug-likeness (QED) is 0.499. The molecule has 0 radical (unpaired) electrons. The Kier molecular flexibility index (Phi) is 5.38. The monoisotopic (exact) mass is 373 g/mol. The van der Waals surface area contributed by atoms with Crippen LogP contribution in [0.15, 0.2) is 48.7 Å². The molecule has 0 aliphatic rings. The number of amides is 1. The highest BCUT2D eigenvalue weighted by atomic mass is 35.5. The largest absolute Gasteiger partial charge is 0.445 e. The fourth-order valence-electron chi connectivity index (χ4n) is 2.62. The number of benzene rings is 2. The van der Waals surface area contributed by atoms with Crippen LogP contribution in [0.3, 0.4) is 0 Å². The topological polar surface area (TPSA) is 97.3 Å². The van der Waals surface area contributed by atoms with Gasteiger partial charge < -0.3 is 15.0 Å². The van der Waals surface area contributed by atoms with Crippen molar-refractivity contribution in [1.29, 1.82) is 0 Å². The molecule has 0 saturated carbocycles. The minimum absolute atomic E-state index is 0.0315. The van der Waals surface area contributed by atoms with Crippen LogP contribution in [0.2, 0.25) is 5.02 Å². The Labute approximate surface area is 154 Å². The van der Waals surface area contributed by atoms with Crippen LogP contribution in [0.25, 0.3) is 10.9 Å². The number of hydrogen-bond acceptors (Lipinski definition) is 4. The number of hydrogen-bond donors (Lipinski definition) is 2. The molecule has 0 saturated heterocycles. The highest BCUT2D eigenvalue weighted by Crippen LogP contribution is 2.22. The van der Waals surface area contributed by atoms with Crippen molar-refractivity contribution in [3.05, 3.63) is 74.9 Å². The molecule has 26 heavy (non-hydrogen) atoms. The van der Waals surface area contributed by atoms with Gasteiger partial charge in [0, 0.05) is 40.8 Å². The second-order valence-corrected chi connectivity index (χ2v) is 6.12. The lowest BCUT2D eigenvalue weighted by molar-refractivity contribution is -0.384. The first kappa shape index (κ1) is 17.8. The van der Waals surface area contributed by atoms with E-state index in [1.165, 1.54) is 12.1 Å². The van der Waals surface area contributed by atoms with Gasteiger partial charge in [0.2, 0.25) is 0 Å². The van der Waals surface area contributed by atoms with E-state index in [4.69, 9.17) is 16.3 Å². The molecule has 0 aliphatic heterocycles. The van der Waals surface area contributed by atoms with Gasteiger partial charge in [-0.2, -0.15) is 0 Å². The van der Waals surface area contributed by atoms with Gasteiger partial charge in [-0.05, 0) is 35.7 Å². The Morgan fingerprint density at radius 1 is 1.27 bits per heavy atom. The molecule has 1 heterocycles. The van der Waals surface area contributed by atoms with Crippen LogP contribution in [0.5, 0.6) is 0 Å². The molecular weight excluding hydrogens is 358 g/mol. The van der Waals surface area contributed by atoms with Crippen molar-refractivity contribution < 1.29 is 14.5 Å². The fraction of sp³-hybridized carbons (Fsp3) is 0.167. The normalized spacial score (nSPS) is 10.7. The number of carbonyl (C=O) groups is 1. The van der Waals surface area contributed by atoms with E-state index in [1.54, 1.807) is 12.1 Å². The number of aromatic nitrogens is 1. The summed E-state index contributed by atoms with van der Waals surface area (Å²) in [6.45, 7) is 0.365. The van der Waals surface area contributed by atoms with Gasteiger partial charge in [-0.3, -0.25) is 10.1 Å². The van der Waals surface area contributed by atoms with E-state index in [-0.39, 0.29) is 12.3 Å². The number of rotatable bonds is 6. The van der Waals surface area contributed by atoms with E-state index in [2.05, 4.69) is 10.3 Å². The maximum absolute atomic E-state index is 11.8. The standard InChI is InChI=1S/C18H16ClN3O4/c19-14-4-5-17-16(9-14)13(10-21-17)6-7-20-18(23)26-11-12-2-1-3-15(8-12)22(24)25/h1-5,8-10,21H,6-7,11H2,(H,20,23). The molecule has 0 unspecified atom stereocenters. The number of nitrogens with one attached hydrogen (secondary N) is 2. The summed E-state index contributed by atoms with van der Waals surface area (Å²) in [6.07, 6.45) is 1.93. The van der Waals surface area contributed by atoms with E-state index < -0.39 is 11.0 Å². The van der Waals surface area contributed by atoms with Gasteiger partial charge in [-0.1, -0.05) is 23.7 Å². The lowest BCUT2D eigenvalue weighted by Gasteiger charge is -2.07. The molecule has 3 rings (SSSR count). The zero-order valence-corrected chi connectivity index (χ0v) is 14.5. The van der Waals surface area contributed by atoms with Crippen LogP contribution < -0.4 is 5.32 Å².